The molecule has 0 radical (unpaired) electrons. The molecule has 0 bridgehead atoms. The minimum absolute atomic E-state index is 0.0662. The molecule has 8 heteroatoms. The van der Waals surface area contributed by atoms with Gasteiger partial charge in [0.05, 0.1) is 24.0 Å². The standard InChI is InChI=1S/C13H22N2O5S/c16-12(17)7-11-9-21(19,20)6-5-15(11)13(18)14-8-10-3-1-2-4-10/h10-11H,1-9H2,(H,14,18)(H,16,17). The Balaban J connectivity index is 1.94. The normalized spacial score (nSPS) is 25.7. The highest BCUT2D eigenvalue weighted by Gasteiger charge is 2.35. The Kier molecular flexibility index (Phi) is 5.08. The number of carboxylic acid groups (broad SMARTS) is 1. The van der Waals surface area contributed by atoms with Crippen molar-refractivity contribution in [1.82, 2.24) is 10.2 Å². The first-order valence-corrected chi connectivity index (χ1v) is 9.16. The molecule has 1 saturated heterocycles. The Labute approximate surface area is 124 Å². The van der Waals surface area contributed by atoms with Crippen molar-refractivity contribution < 1.29 is 23.1 Å². The summed E-state index contributed by atoms with van der Waals surface area (Å²) in [6.45, 7) is 0.651. The quantitative estimate of drug-likeness (QED) is 0.783. The maximum Gasteiger partial charge on any atom is 0.317 e. The third-order valence-corrected chi connectivity index (χ3v) is 5.92. The van der Waals surface area contributed by atoms with Crippen molar-refractivity contribution in [3.8, 4) is 0 Å². The summed E-state index contributed by atoms with van der Waals surface area (Å²) in [5, 5.41) is 11.7. The van der Waals surface area contributed by atoms with Gasteiger partial charge in [0.1, 0.15) is 0 Å². The molecule has 0 spiro atoms. The summed E-state index contributed by atoms with van der Waals surface area (Å²) in [5.74, 6) is -0.970. The van der Waals surface area contributed by atoms with Gasteiger partial charge in [0, 0.05) is 13.1 Å². The van der Waals surface area contributed by atoms with Gasteiger partial charge in [-0.15, -0.1) is 0 Å². The number of carboxylic acids is 1. The van der Waals surface area contributed by atoms with Crippen molar-refractivity contribution in [1.29, 1.82) is 0 Å². The van der Waals surface area contributed by atoms with E-state index in [1.54, 1.807) is 0 Å². The highest BCUT2D eigenvalue weighted by Crippen LogP contribution is 2.24. The molecule has 7 nitrogen and oxygen atoms in total. The zero-order valence-electron chi connectivity index (χ0n) is 12.0. The van der Waals surface area contributed by atoms with Crippen LogP contribution in [0.2, 0.25) is 0 Å². The first-order chi connectivity index (χ1) is 9.87. The van der Waals surface area contributed by atoms with E-state index in [1.165, 1.54) is 17.7 Å². The fourth-order valence-electron chi connectivity index (χ4n) is 3.07. The average Bonchev–Trinajstić information content (AvgIpc) is 2.87. The van der Waals surface area contributed by atoms with Crippen molar-refractivity contribution in [2.24, 2.45) is 5.92 Å². The van der Waals surface area contributed by atoms with Gasteiger partial charge in [0.25, 0.3) is 0 Å². The summed E-state index contributed by atoms with van der Waals surface area (Å²) in [4.78, 5) is 24.4. The molecule has 2 N–H and O–H groups in total. The lowest BCUT2D eigenvalue weighted by Crippen LogP contribution is -2.55. The molecule has 2 rings (SSSR count). The SMILES string of the molecule is O=C(O)CC1CS(=O)(=O)CCN1C(=O)NCC1CCCC1. The molecule has 0 aromatic rings. The summed E-state index contributed by atoms with van der Waals surface area (Å²) < 4.78 is 23.3. The first-order valence-electron chi connectivity index (χ1n) is 7.34. The van der Waals surface area contributed by atoms with Gasteiger partial charge in [-0.05, 0) is 18.8 Å². The van der Waals surface area contributed by atoms with Crippen molar-refractivity contribution in [3.63, 3.8) is 0 Å². The second-order valence-electron chi connectivity index (χ2n) is 5.90. The predicted octanol–water partition coefficient (Wildman–Crippen LogP) is 0.460. The highest BCUT2D eigenvalue weighted by molar-refractivity contribution is 7.91. The highest BCUT2D eigenvalue weighted by atomic mass is 32.2. The van der Waals surface area contributed by atoms with Gasteiger partial charge in [-0.3, -0.25) is 4.79 Å². The van der Waals surface area contributed by atoms with Gasteiger partial charge in [-0.25, -0.2) is 13.2 Å². The summed E-state index contributed by atoms with van der Waals surface area (Å²) in [6, 6.07) is -1.12. The number of aliphatic carboxylic acids is 1. The largest absolute Gasteiger partial charge is 0.481 e. The van der Waals surface area contributed by atoms with E-state index in [2.05, 4.69) is 5.32 Å². The zero-order valence-corrected chi connectivity index (χ0v) is 12.8. The van der Waals surface area contributed by atoms with Gasteiger partial charge in [0.2, 0.25) is 0 Å². The maximum atomic E-state index is 12.2. The third-order valence-electron chi connectivity index (χ3n) is 4.22. The third kappa shape index (κ3) is 4.59. The van der Waals surface area contributed by atoms with Crippen LogP contribution in [0.4, 0.5) is 4.79 Å². The number of urea groups is 1. The van der Waals surface area contributed by atoms with E-state index < -0.39 is 21.8 Å². The Morgan fingerprint density at radius 2 is 1.90 bits per heavy atom. The van der Waals surface area contributed by atoms with Crippen LogP contribution >= 0.6 is 0 Å². The van der Waals surface area contributed by atoms with Crippen LogP contribution in [-0.4, -0.2) is 61.1 Å². The molecule has 1 aliphatic heterocycles. The Bertz CT molecular complexity index is 499. The molecule has 21 heavy (non-hydrogen) atoms. The molecule has 1 aliphatic carbocycles. The zero-order chi connectivity index (χ0) is 15.5. The molecule has 2 fully saturated rings. The second-order valence-corrected chi connectivity index (χ2v) is 8.12. The minimum Gasteiger partial charge on any atom is -0.481 e. The van der Waals surface area contributed by atoms with Crippen LogP contribution in [0.15, 0.2) is 0 Å². The maximum absolute atomic E-state index is 12.2. The molecular weight excluding hydrogens is 296 g/mol. The van der Waals surface area contributed by atoms with E-state index in [9.17, 15) is 18.0 Å². The smallest absolute Gasteiger partial charge is 0.317 e. The van der Waals surface area contributed by atoms with E-state index >= 15 is 0 Å². The molecule has 1 saturated carbocycles. The summed E-state index contributed by atoms with van der Waals surface area (Å²) in [5.41, 5.74) is 0. The molecule has 120 valence electrons. The number of hydrogen-bond donors (Lipinski definition) is 2. The summed E-state index contributed by atoms with van der Waals surface area (Å²) >= 11 is 0. The van der Waals surface area contributed by atoms with E-state index in [0.717, 1.165) is 12.8 Å². The molecule has 1 heterocycles. The molecule has 1 atom stereocenters. The van der Waals surface area contributed by atoms with Crippen LogP contribution in [0.25, 0.3) is 0 Å². The number of nitrogens with one attached hydrogen (secondary N) is 1. The van der Waals surface area contributed by atoms with Crippen LogP contribution in [0.5, 0.6) is 0 Å². The van der Waals surface area contributed by atoms with Crippen LogP contribution in [0.3, 0.4) is 0 Å². The second kappa shape index (κ2) is 6.64. The number of nitrogens with zero attached hydrogens (tertiary/aromatic N) is 1. The molecule has 0 aromatic carbocycles. The molecule has 2 aliphatic rings. The lowest BCUT2D eigenvalue weighted by atomic mass is 10.1. The van der Waals surface area contributed by atoms with Crippen molar-refractivity contribution in [2.75, 3.05) is 24.6 Å². The number of amides is 2. The van der Waals surface area contributed by atoms with Crippen molar-refractivity contribution in [3.05, 3.63) is 0 Å². The van der Waals surface area contributed by atoms with Gasteiger partial charge < -0.3 is 15.3 Å². The Morgan fingerprint density at radius 3 is 2.52 bits per heavy atom. The monoisotopic (exact) mass is 318 g/mol. The topological polar surface area (TPSA) is 104 Å². The van der Waals surface area contributed by atoms with E-state index in [-0.39, 0.29) is 30.5 Å². The molecule has 0 aromatic heterocycles. The lowest BCUT2D eigenvalue weighted by molar-refractivity contribution is -0.138. The minimum atomic E-state index is -3.26. The van der Waals surface area contributed by atoms with Gasteiger partial charge in [0.15, 0.2) is 9.84 Å². The number of sulfone groups is 1. The van der Waals surface area contributed by atoms with Gasteiger partial charge >= 0.3 is 12.0 Å². The number of hydrogen-bond acceptors (Lipinski definition) is 4. The molecule has 1 unspecified atom stereocenters. The fraction of sp³-hybridized carbons (Fsp3) is 0.846. The fourth-order valence-corrected chi connectivity index (χ4v) is 4.60. The lowest BCUT2D eigenvalue weighted by Gasteiger charge is -2.34. The number of carbonyl (C=O) groups excluding carboxylic acids is 1. The molecular formula is C13H22N2O5S. The Hall–Kier alpha value is -1.31. The number of carbonyl (C=O) groups is 2. The Morgan fingerprint density at radius 1 is 1.24 bits per heavy atom. The summed E-state index contributed by atoms with van der Waals surface area (Å²) in [6.07, 6.45) is 4.24. The van der Waals surface area contributed by atoms with Crippen molar-refractivity contribution >= 4 is 21.8 Å². The van der Waals surface area contributed by atoms with Crippen LogP contribution < -0.4 is 5.32 Å². The van der Waals surface area contributed by atoms with Gasteiger partial charge in [-0.2, -0.15) is 0 Å². The number of rotatable bonds is 4. The van der Waals surface area contributed by atoms with Crippen LogP contribution in [0.1, 0.15) is 32.1 Å². The van der Waals surface area contributed by atoms with E-state index in [1.807, 2.05) is 0 Å². The van der Waals surface area contributed by atoms with Crippen LogP contribution in [0, 0.1) is 5.92 Å². The average molecular weight is 318 g/mol. The van der Waals surface area contributed by atoms with Crippen LogP contribution in [-0.2, 0) is 14.6 Å². The predicted molar refractivity (Wildman–Crippen MR) is 76.8 cm³/mol. The van der Waals surface area contributed by atoms with E-state index in [4.69, 9.17) is 5.11 Å². The summed E-state index contributed by atoms with van der Waals surface area (Å²) in [7, 11) is -3.26. The van der Waals surface area contributed by atoms with Gasteiger partial charge in [-0.1, -0.05) is 12.8 Å². The van der Waals surface area contributed by atoms with E-state index in [0.29, 0.717) is 12.5 Å². The molecule has 2 amide bonds. The van der Waals surface area contributed by atoms with Crippen molar-refractivity contribution in [2.45, 2.75) is 38.1 Å². The first kappa shape index (κ1) is 16.1.